The van der Waals surface area contributed by atoms with Crippen LogP contribution in [0, 0.1) is 0 Å². The molecule has 0 atom stereocenters. The normalized spacial score (nSPS) is 13.6. The second-order valence-corrected chi connectivity index (χ2v) is 5.83. The lowest BCUT2D eigenvalue weighted by atomic mass is 9.93. The summed E-state index contributed by atoms with van der Waals surface area (Å²) >= 11 is 0. The molecule has 0 aliphatic carbocycles. The first-order chi connectivity index (χ1) is 12.5. The maximum Gasteiger partial charge on any atom is 0.416 e. The molecule has 0 bridgehead atoms. The zero-order valence-electron chi connectivity index (χ0n) is 13.4. The van der Waals surface area contributed by atoms with Gasteiger partial charge in [0.1, 0.15) is 0 Å². The quantitative estimate of drug-likeness (QED) is 0.489. The van der Waals surface area contributed by atoms with E-state index in [-0.39, 0.29) is 36.4 Å². The molecule has 0 radical (unpaired) electrons. The van der Waals surface area contributed by atoms with Crippen molar-refractivity contribution >= 4 is 11.4 Å². The van der Waals surface area contributed by atoms with Crippen molar-refractivity contribution in [2.45, 2.75) is 24.2 Å². The molecule has 0 aliphatic rings. The molecule has 0 amide bonds. The molecule has 0 heterocycles. The molecular formula is C16H10F10N2. The number of alkyl halides is 10. The molecular weight excluding hydrogens is 410 g/mol. The van der Waals surface area contributed by atoms with Gasteiger partial charge in [-0.15, -0.1) is 0 Å². The van der Waals surface area contributed by atoms with E-state index in [4.69, 9.17) is 11.5 Å². The van der Waals surface area contributed by atoms with Gasteiger partial charge < -0.3 is 11.5 Å². The molecule has 0 aliphatic heterocycles. The Morgan fingerprint density at radius 3 is 0.929 bits per heavy atom. The number of rotatable bonds is 3. The number of benzene rings is 2. The minimum Gasteiger partial charge on any atom is -0.399 e. The van der Waals surface area contributed by atoms with E-state index < -0.39 is 57.8 Å². The van der Waals surface area contributed by atoms with Crippen LogP contribution in [0.3, 0.4) is 0 Å². The van der Waals surface area contributed by atoms with Gasteiger partial charge in [-0.25, -0.2) is 0 Å². The first-order valence-electron chi connectivity index (χ1n) is 7.18. The number of halogens is 10. The number of hydrogen-bond acceptors (Lipinski definition) is 2. The van der Waals surface area contributed by atoms with Crippen LogP contribution in [0.25, 0.3) is 0 Å². The van der Waals surface area contributed by atoms with Gasteiger partial charge in [0.25, 0.3) is 0 Å². The summed E-state index contributed by atoms with van der Waals surface area (Å²) in [5, 5.41) is 0. The third-order valence-corrected chi connectivity index (χ3v) is 3.68. The van der Waals surface area contributed by atoms with Gasteiger partial charge in [-0.3, -0.25) is 0 Å². The molecule has 2 aromatic rings. The van der Waals surface area contributed by atoms with Gasteiger partial charge in [-0.05, 0) is 36.4 Å². The maximum atomic E-state index is 14.4. The van der Waals surface area contributed by atoms with Gasteiger partial charge in [0, 0.05) is 22.5 Å². The summed E-state index contributed by atoms with van der Waals surface area (Å²) < 4.78 is 134. The van der Waals surface area contributed by atoms with Gasteiger partial charge in [-0.2, -0.15) is 43.9 Å². The molecule has 2 rings (SSSR count). The van der Waals surface area contributed by atoms with Crippen molar-refractivity contribution in [1.82, 2.24) is 0 Å². The third kappa shape index (κ3) is 3.94. The molecule has 0 fully saturated rings. The molecule has 0 saturated heterocycles. The largest absolute Gasteiger partial charge is 0.416 e. The van der Waals surface area contributed by atoms with E-state index in [1.165, 1.54) is 0 Å². The average molecular weight is 420 g/mol. The van der Waals surface area contributed by atoms with E-state index in [0.717, 1.165) is 0 Å². The van der Waals surface area contributed by atoms with Crippen molar-refractivity contribution < 1.29 is 43.9 Å². The van der Waals surface area contributed by atoms with Gasteiger partial charge in [0.05, 0.1) is 11.1 Å². The zero-order valence-corrected chi connectivity index (χ0v) is 13.4. The lowest BCUT2D eigenvalue weighted by Gasteiger charge is -2.28. The topological polar surface area (TPSA) is 52.0 Å². The molecule has 0 aromatic heterocycles. The molecule has 0 spiro atoms. The number of nitrogens with two attached hydrogens (primary N) is 2. The van der Waals surface area contributed by atoms with Crippen LogP contribution in [0.5, 0.6) is 0 Å². The van der Waals surface area contributed by atoms with Crippen LogP contribution in [-0.2, 0) is 24.2 Å². The maximum absolute atomic E-state index is 14.4. The zero-order chi connectivity index (χ0) is 21.7. The Hall–Kier alpha value is -2.66. The summed E-state index contributed by atoms with van der Waals surface area (Å²) in [4.78, 5) is 0. The first-order valence-corrected chi connectivity index (χ1v) is 7.18. The summed E-state index contributed by atoms with van der Waals surface area (Å²) in [5.74, 6) is -10.7. The molecule has 2 nitrogen and oxygen atoms in total. The predicted molar refractivity (Wildman–Crippen MR) is 79.5 cm³/mol. The van der Waals surface area contributed by atoms with Gasteiger partial charge >= 0.3 is 24.2 Å². The highest BCUT2D eigenvalue weighted by atomic mass is 19.4. The minimum absolute atomic E-state index is 0.181. The number of nitrogen functional groups attached to an aromatic ring is 2. The average Bonchev–Trinajstić information content (AvgIpc) is 2.51. The van der Waals surface area contributed by atoms with E-state index in [2.05, 4.69) is 0 Å². The fourth-order valence-electron chi connectivity index (χ4n) is 2.36. The summed E-state index contributed by atoms with van der Waals surface area (Å²) in [6.07, 6.45) is -10.3. The van der Waals surface area contributed by atoms with Crippen LogP contribution in [-0.4, -0.2) is 0 Å². The molecule has 2 aromatic carbocycles. The van der Waals surface area contributed by atoms with Crippen molar-refractivity contribution in [3.63, 3.8) is 0 Å². The van der Waals surface area contributed by atoms with E-state index in [9.17, 15) is 43.9 Å². The Kier molecular flexibility index (Phi) is 4.98. The Labute approximate surface area is 150 Å². The van der Waals surface area contributed by atoms with E-state index in [1.54, 1.807) is 0 Å². The smallest absolute Gasteiger partial charge is 0.399 e. The summed E-state index contributed by atoms with van der Waals surface area (Å²) in [6, 6.07) is 0.364. The van der Waals surface area contributed by atoms with Gasteiger partial charge in [-0.1, -0.05) is 0 Å². The summed E-state index contributed by atoms with van der Waals surface area (Å²) in [6.45, 7) is 0. The van der Waals surface area contributed by atoms with Crippen LogP contribution in [0.1, 0.15) is 22.3 Å². The Morgan fingerprint density at radius 1 is 0.429 bits per heavy atom. The third-order valence-electron chi connectivity index (χ3n) is 3.68. The van der Waals surface area contributed by atoms with Gasteiger partial charge in [0.2, 0.25) is 0 Å². The first kappa shape index (κ1) is 21.6. The highest BCUT2D eigenvalue weighted by Gasteiger charge is 2.59. The second-order valence-electron chi connectivity index (χ2n) is 5.83. The van der Waals surface area contributed by atoms with Crippen LogP contribution in [0.2, 0.25) is 0 Å². The standard InChI is InChI=1S/C16H10F10N2/c17-13(18,7-1-9(15(21,22)23)5-11(27)3-7)14(19,20)8-2-10(16(24,25)26)6-12(28)4-8/h1-6H,27-28H2. The molecule has 0 saturated carbocycles. The van der Waals surface area contributed by atoms with Crippen molar-refractivity contribution in [3.05, 3.63) is 58.7 Å². The lowest BCUT2D eigenvalue weighted by molar-refractivity contribution is -0.224. The number of anilines is 2. The van der Waals surface area contributed by atoms with Crippen LogP contribution < -0.4 is 11.5 Å². The van der Waals surface area contributed by atoms with Crippen molar-refractivity contribution in [2.24, 2.45) is 0 Å². The fourth-order valence-corrected chi connectivity index (χ4v) is 2.36. The monoisotopic (exact) mass is 420 g/mol. The highest BCUT2D eigenvalue weighted by molar-refractivity contribution is 5.50. The Balaban J connectivity index is 2.65. The molecule has 154 valence electrons. The Bertz CT molecular complexity index is 810. The summed E-state index contributed by atoms with van der Waals surface area (Å²) in [7, 11) is 0. The van der Waals surface area contributed by atoms with Crippen LogP contribution in [0.15, 0.2) is 36.4 Å². The fraction of sp³-hybridized carbons (Fsp3) is 0.250. The van der Waals surface area contributed by atoms with E-state index in [0.29, 0.717) is 0 Å². The van der Waals surface area contributed by atoms with Crippen molar-refractivity contribution in [3.8, 4) is 0 Å². The SMILES string of the molecule is Nc1cc(C(F)(F)F)cc(C(F)(F)C(F)(F)c2cc(N)cc(C(F)(F)F)c2)c1. The van der Waals surface area contributed by atoms with E-state index in [1.807, 2.05) is 0 Å². The van der Waals surface area contributed by atoms with Crippen LogP contribution in [0.4, 0.5) is 55.3 Å². The van der Waals surface area contributed by atoms with Crippen LogP contribution >= 0.6 is 0 Å². The molecule has 4 N–H and O–H groups in total. The predicted octanol–water partition coefficient (Wildman–Crippen LogP) is 5.77. The number of hydrogen-bond donors (Lipinski definition) is 2. The summed E-state index contributed by atoms with van der Waals surface area (Å²) in [5.41, 5.74) is 1.34. The molecule has 12 heteroatoms. The van der Waals surface area contributed by atoms with Crippen molar-refractivity contribution in [1.29, 1.82) is 0 Å². The van der Waals surface area contributed by atoms with Gasteiger partial charge in [0.15, 0.2) is 0 Å². The molecule has 0 unspecified atom stereocenters. The highest BCUT2D eigenvalue weighted by Crippen LogP contribution is 2.51. The Morgan fingerprint density at radius 2 is 0.679 bits per heavy atom. The second kappa shape index (κ2) is 6.45. The minimum atomic E-state index is -5.33. The molecule has 28 heavy (non-hydrogen) atoms. The van der Waals surface area contributed by atoms with Crippen molar-refractivity contribution in [2.75, 3.05) is 11.5 Å². The lowest BCUT2D eigenvalue weighted by Crippen LogP contribution is -2.36. The van der Waals surface area contributed by atoms with E-state index >= 15 is 0 Å².